The molecule has 0 aliphatic heterocycles. The van der Waals surface area contributed by atoms with Crippen LogP contribution in [-0.2, 0) is 4.79 Å². The van der Waals surface area contributed by atoms with Gasteiger partial charge in [-0.25, -0.2) is 0 Å². The predicted molar refractivity (Wildman–Crippen MR) is 67.3 cm³/mol. The highest BCUT2D eigenvalue weighted by Gasteiger charge is 2.33. The van der Waals surface area contributed by atoms with E-state index in [1.165, 1.54) is 19.3 Å². The second-order valence-corrected chi connectivity index (χ2v) is 5.60. The van der Waals surface area contributed by atoms with Gasteiger partial charge in [-0.05, 0) is 44.2 Å². The SMILES string of the molecule is CNCCCC(=O)NCC(C)(C)C1CCC1. The number of rotatable bonds is 7. The van der Waals surface area contributed by atoms with Crippen LogP contribution in [0.25, 0.3) is 0 Å². The molecule has 1 aliphatic rings. The molecule has 94 valence electrons. The molecule has 0 unspecified atom stereocenters. The molecule has 0 heterocycles. The summed E-state index contributed by atoms with van der Waals surface area (Å²) in [7, 11) is 1.91. The van der Waals surface area contributed by atoms with E-state index in [0.717, 1.165) is 25.4 Å². The largest absolute Gasteiger partial charge is 0.356 e. The molecule has 1 saturated carbocycles. The first kappa shape index (κ1) is 13.5. The smallest absolute Gasteiger partial charge is 0.220 e. The Balaban J connectivity index is 2.14. The van der Waals surface area contributed by atoms with Gasteiger partial charge in [0.15, 0.2) is 0 Å². The van der Waals surface area contributed by atoms with Crippen LogP contribution in [0.2, 0.25) is 0 Å². The first-order chi connectivity index (χ1) is 7.56. The van der Waals surface area contributed by atoms with Crippen molar-refractivity contribution in [2.45, 2.75) is 46.0 Å². The fourth-order valence-electron chi connectivity index (χ4n) is 2.17. The second-order valence-electron chi connectivity index (χ2n) is 5.60. The first-order valence-corrected chi connectivity index (χ1v) is 6.47. The summed E-state index contributed by atoms with van der Waals surface area (Å²) in [5.74, 6) is 1.01. The van der Waals surface area contributed by atoms with Gasteiger partial charge >= 0.3 is 0 Å². The van der Waals surface area contributed by atoms with Crippen LogP contribution in [0.15, 0.2) is 0 Å². The molecule has 1 rings (SSSR count). The maximum atomic E-state index is 11.6. The molecule has 0 aromatic heterocycles. The lowest BCUT2D eigenvalue weighted by molar-refractivity contribution is -0.121. The van der Waals surface area contributed by atoms with Gasteiger partial charge in [-0.2, -0.15) is 0 Å². The normalized spacial score (nSPS) is 16.9. The Hall–Kier alpha value is -0.570. The molecule has 0 aromatic carbocycles. The van der Waals surface area contributed by atoms with Crippen molar-refractivity contribution in [2.24, 2.45) is 11.3 Å². The summed E-state index contributed by atoms with van der Waals surface area (Å²) >= 11 is 0. The van der Waals surface area contributed by atoms with Crippen molar-refractivity contribution >= 4 is 5.91 Å². The van der Waals surface area contributed by atoms with Crippen LogP contribution in [0.4, 0.5) is 0 Å². The van der Waals surface area contributed by atoms with E-state index < -0.39 is 0 Å². The topological polar surface area (TPSA) is 41.1 Å². The maximum absolute atomic E-state index is 11.6. The third kappa shape index (κ3) is 4.12. The van der Waals surface area contributed by atoms with Gasteiger partial charge in [0, 0.05) is 13.0 Å². The van der Waals surface area contributed by atoms with E-state index in [9.17, 15) is 4.79 Å². The minimum absolute atomic E-state index is 0.197. The van der Waals surface area contributed by atoms with Gasteiger partial charge in [-0.3, -0.25) is 4.79 Å². The molecule has 16 heavy (non-hydrogen) atoms. The lowest BCUT2D eigenvalue weighted by Crippen LogP contribution is -2.41. The van der Waals surface area contributed by atoms with Crippen LogP contribution < -0.4 is 10.6 Å². The first-order valence-electron chi connectivity index (χ1n) is 6.47. The molecule has 0 spiro atoms. The van der Waals surface area contributed by atoms with Gasteiger partial charge in [0.1, 0.15) is 0 Å². The average molecular weight is 226 g/mol. The number of hydrogen-bond acceptors (Lipinski definition) is 2. The number of hydrogen-bond donors (Lipinski definition) is 2. The zero-order valence-corrected chi connectivity index (χ0v) is 10.9. The van der Waals surface area contributed by atoms with Crippen LogP contribution in [0.3, 0.4) is 0 Å². The number of amides is 1. The summed E-state index contributed by atoms with van der Waals surface area (Å²) in [4.78, 5) is 11.6. The minimum Gasteiger partial charge on any atom is -0.356 e. The molecule has 0 bridgehead atoms. The highest BCUT2D eigenvalue weighted by molar-refractivity contribution is 5.75. The van der Waals surface area contributed by atoms with Crippen molar-refractivity contribution in [3.05, 3.63) is 0 Å². The molecule has 0 saturated heterocycles. The van der Waals surface area contributed by atoms with Crippen LogP contribution in [0.5, 0.6) is 0 Å². The Bertz CT molecular complexity index is 222. The zero-order valence-electron chi connectivity index (χ0n) is 10.9. The Labute approximate surface area is 99.4 Å². The molecule has 1 aliphatic carbocycles. The summed E-state index contributed by atoms with van der Waals surface area (Å²) in [6.07, 6.45) is 5.60. The predicted octanol–water partition coefficient (Wildman–Crippen LogP) is 1.93. The summed E-state index contributed by atoms with van der Waals surface area (Å²) in [5.41, 5.74) is 0.275. The standard InChI is InChI=1S/C13H26N2O/c1-13(2,11-6-4-7-11)10-15-12(16)8-5-9-14-3/h11,14H,4-10H2,1-3H3,(H,15,16). The van der Waals surface area contributed by atoms with E-state index in [-0.39, 0.29) is 11.3 Å². The molecule has 3 nitrogen and oxygen atoms in total. The van der Waals surface area contributed by atoms with Crippen molar-refractivity contribution in [1.29, 1.82) is 0 Å². The Morgan fingerprint density at radius 3 is 2.56 bits per heavy atom. The van der Waals surface area contributed by atoms with E-state index in [1.807, 2.05) is 7.05 Å². The molecule has 0 atom stereocenters. The van der Waals surface area contributed by atoms with Crippen molar-refractivity contribution < 1.29 is 4.79 Å². The molecule has 1 fully saturated rings. The molecule has 2 N–H and O–H groups in total. The van der Waals surface area contributed by atoms with Crippen LogP contribution in [-0.4, -0.2) is 26.0 Å². The molecule has 0 radical (unpaired) electrons. The fraction of sp³-hybridized carbons (Fsp3) is 0.923. The number of nitrogens with one attached hydrogen (secondary N) is 2. The van der Waals surface area contributed by atoms with Crippen molar-refractivity contribution in [1.82, 2.24) is 10.6 Å². The van der Waals surface area contributed by atoms with E-state index in [0.29, 0.717) is 6.42 Å². The Kier molecular flexibility index (Phi) is 5.26. The average Bonchev–Trinajstić information content (AvgIpc) is 2.12. The zero-order chi connectivity index (χ0) is 12.0. The van der Waals surface area contributed by atoms with E-state index in [4.69, 9.17) is 0 Å². The highest BCUT2D eigenvalue weighted by atomic mass is 16.1. The van der Waals surface area contributed by atoms with Crippen molar-refractivity contribution in [3.63, 3.8) is 0 Å². The summed E-state index contributed by atoms with van der Waals surface area (Å²) < 4.78 is 0. The molecule has 3 heteroatoms. The quantitative estimate of drug-likeness (QED) is 0.651. The molecular weight excluding hydrogens is 200 g/mol. The molecule has 0 aromatic rings. The summed E-state index contributed by atoms with van der Waals surface area (Å²) in [5, 5.41) is 6.12. The maximum Gasteiger partial charge on any atom is 0.220 e. The lowest BCUT2D eigenvalue weighted by Gasteiger charge is -2.40. The number of carbonyl (C=O) groups is 1. The van der Waals surface area contributed by atoms with Gasteiger partial charge in [-0.15, -0.1) is 0 Å². The second kappa shape index (κ2) is 6.24. The highest BCUT2D eigenvalue weighted by Crippen LogP contribution is 2.41. The summed E-state index contributed by atoms with van der Waals surface area (Å²) in [6.45, 7) is 6.28. The van der Waals surface area contributed by atoms with Gasteiger partial charge in [0.05, 0.1) is 0 Å². The molecule has 1 amide bonds. The van der Waals surface area contributed by atoms with Gasteiger partial charge in [0.25, 0.3) is 0 Å². The Morgan fingerprint density at radius 1 is 1.38 bits per heavy atom. The Morgan fingerprint density at radius 2 is 2.06 bits per heavy atom. The number of carbonyl (C=O) groups excluding carboxylic acids is 1. The van der Waals surface area contributed by atoms with Gasteiger partial charge in [0.2, 0.25) is 5.91 Å². The lowest BCUT2D eigenvalue weighted by atomic mass is 9.67. The van der Waals surface area contributed by atoms with E-state index >= 15 is 0 Å². The van der Waals surface area contributed by atoms with Crippen LogP contribution >= 0.6 is 0 Å². The van der Waals surface area contributed by atoms with Crippen LogP contribution in [0.1, 0.15) is 46.0 Å². The van der Waals surface area contributed by atoms with E-state index in [1.54, 1.807) is 0 Å². The third-order valence-electron chi connectivity index (χ3n) is 3.78. The fourth-order valence-corrected chi connectivity index (χ4v) is 2.17. The van der Waals surface area contributed by atoms with Crippen molar-refractivity contribution in [2.75, 3.05) is 20.1 Å². The molecular formula is C13H26N2O. The van der Waals surface area contributed by atoms with Gasteiger partial charge in [-0.1, -0.05) is 20.3 Å². The van der Waals surface area contributed by atoms with Crippen molar-refractivity contribution in [3.8, 4) is 0 Å². The van der Waals surface area contributed by atoms with Gasteiger partial charge < -0.3 is 10.6 Å². The van der Waals surface area contributed by atoms with Crippen LogP contribution in [0, 0.1) is 11.3 Å². The monoisotopic (exact) mass is 226 g/mol. The van der Waals surface area contributed by atoms with E-state index in [2.05, 4.69) is 24.5 Å². The summed E-state index contributed by atoms with van der Waals surface area (Å²) in [6, 6.07) is 0. The third-order valence-corrected chi connectivity index (χ3v) is 3.78. The minimum atomic E-state index is 0.197.